The van der Waals surface area contributed by atoms with Crippen molar-refractivity contribution >= 4 is 43.3 Å². The predicted octanol–water partition coefficient (Wildman–Crippen LogP) is 7.67. The quantitative estimate of drug-likeness (QED) is 0.0735. The first kappa shape index (κ1) is 47.3. The van der Waals surface area contributed by atoms with Gasteiger partial charge in [0.15, 0.2) is 14.0 Å². The minimum Gasteiger partial charge on any atom is -0.493 e. The van der Waals surface area contributed by atoms with Crippen LogP contribution < -0.4 is 15.4 Å². The first-order valence-electron chi connectivity index (χ1n) is 20.8. The largest absolute Gasteiger partial charge is 0.493 e. The monoisotopic (exact) mass is 846 g/mol. The zero-order chi connectivity index (χ0) is 42.9. The molecule has 1 aromatic heterocycles. The highest BCUT2D eigenvalue weighted by Gasteiger charge is 2.54. The van der Waals surface area contributed by atoms with Crippen molar-refractivity contribution in [3.8, 4) is 16.2 Å². The van der Waals surface area contributed by atoms with Crippen LogP contribution in [-0.2, 0) is 39.6 Å². The number of alkyl halides is 1. The number of unbranched alkanes of at least 4 members (excludes halogenated alkanes) is 4. The van der Waals surface area contributed by atoms with Crippen molar-refractivity contribution in [2.24, 2.45) is 5.41 Å². The van der Waals surface area contributed by atoms with E-state index in [-0.39, 0.29) is 55.6 Å². The number of aryl methyl sites for hydroxylation is 1. The van der Waals surface area contributed by atoms with Crippen LogP contribution >= 0.6 is 11.3 Å². The number of carbonyl (C=O) groups is 4. The molecule has 58 heavy (non-hydrogen) atoms. The fraction of sp³-hybridized carbons (Fsp3) is 0.698. The van der Waals surface area contributed by atoms with E-state index in [1.54, 1.807) is 18.3 Å². The van der Waals surface area contributed by atoms with E-state index in [1.807, 2.05) is 51.4 Å². The Morgan fingerprint density at radius 3 is 2.31 bits per heavy atom. The lowest BCUT2D eigenvalue weighted by Crippen LogP contribution is -2.59. The molecule has 2 aromatic rings. The maximum absolute atomic E-state index is 14.8. The van der Waals surface area contributed by atoms with Gasteiger partial charge in [-0.05, 0) is 74.7 Å². The number of esters is 1. The van der Waals surface area contributed by atoms with E-state index in [1.165, 1.54) is 4.90 Å². The molecule has 2 fully saturated rings. The van der Waals surface area contributed by atoms with Gasteiger partial charge in [0.25, 0.3) is 5.91 Å². The second kappa shape index (κ2) is 20.2. The van der Waals surface area contributed by atoms with Crippen LogP contribution in [0, 0.1) is 12.3 Å². The molecule has 2 N–H and O–H groups in total. The molecule has 4 rings (SSSR count). The van der Waals surface area contributed by atoms with Crippen LogP contribution in [0.5, 0.6) is 5.75 Å². The van der Waals surface area contributed by atoms with Gasteiger partial charge in [-0.15, -0.1) is 11.3 Å². The van der Waals surface area contributed by atoms with E-state index < -0.39 is 43.3 Å². The molecule has 0 bridgehead atoms. The standard InChI is InChI=1S/C43H67FN4O8SSi/c1-11-54-35(49)27-53-21-15-13-12-14-16-22-55-34-23-30(36-29(2)46-28-57-36)17-18-31(34)25-45-38(50)33-24-32(56-58(9,10)42(6,7)8)26-48(33)39(51)37(41(3,4)5)47-40(52)43(44)19-20-43/h17-18,23,28,32-33,37H,11-16,19-22,24-27H2,1-10H3,(H,45,50)(H,47,52)/t32?,33-,37+/m0/s1. The van der Waals surface area contributed by atoms with Gasteiger partial charge in [0.05, 0.1) is 35.4 Å². The van der Waals surface area contributed by atoms with Gasteiger partial charge in [-0.25, -0.2) is 14.2 Å². The van der Waals surface area contributed by atoms with Crippen molar-refractivity contribution in [2.45, 2.75) is 155 Å². The Morgan fingerprint density at radius 1 is 1.03 bits per heavy atom. The number of thiazole rings is 1. The van der Waals surface area contributed by atoms with Crippen LogP contribution in [0.15, 0.2) is 23.7 Å². The van der Waals surface area contributed by atoms with E-state index in [0.717, 1.165) is 53.8 Å². The number of nitrogens with one attached hydrogen (secondary N) is 2. The molecule has 1 saturated heterocycles. The molecular formula is C43H67FN4O8SSi. The Kier molecular flexibility index (Phi) is 16.5. The number of hydrogen-bond donors (Lipinski definition) is 2. The van der Waals surface area contributed by atoms with Crippen LogP contribution in [0.4, 0.5) is 4.39 Å². The summed E-state index contributed by atoms with van der Waals surface area (Å²) in [6, 6.07) is 4.05. The van der Waals surface area contributed by atoms with E-state index in [4.69, 9.17) is 18.6 Å². The number of nitrogens with zero attached hydrogens (tertiary/aromatic N) is 2. The van der Waals surface area contributed by atoms with E-state index in [9.17, 15) is 23.6 Å². The molecule has 1 saturated carbocycles. The van der Waals surface area contributed by atoms with Gasteiger partial charge in [-0.3, -0.25) is 14.4 Å². The molecule has 0 radical (unpaired) electrons. The van der Waals surface area contributed by atoms with Crippen LogP contribution in [0.25, 0.3) is 10.4 Å². The molecule has 1 aromatic carbocycles. The number of likely N-dealkylation sites (tertiary alicyclic amines) is 1. The number of halogens is 1. The summed E-state index contributed by atoms with van der Waals surface area (Å²) in [5, 5.41) is 5.71. The Balaban J connectivity index is 1.46. The smallest absolute Gasteiger partial charge is 0.332 e. The number of ether oxygens (including phenoxy) is 3. The molecule has 12 nitrogen and oxygen atoms in total. The number of carbonyl (C=O) groups excluding carboxylic acids is 4. The summed E-state index contributed by atoms with van der Waals surface area (Å²) in [6.45, 7) is 21.6. The molecule has 2 heterocycles. The van der Waals surface area contributed by atoms with Gasteiger partial charge >= 0.3 is 5.97 Å². The second-order valence-electron chi connectivity index (χ2n) is 18.3. The average Bonchev–Trinajstić information content (AvgIpc) is 3.53. The van der Waals surface area contributed by atoms with Gasteiger partial charge in [-0.1, -0.05) is 72.9 Å². The van der Waals surface area contributed by atoms with Crippen molar-refractivity contribution in [3.05, 3.63) is 35.0 Å². The Labute approximate surface area is 349 Å². The maximum Gasteiger partial charge on any atom is 0.332 e. The lowest BCUT2D eigenvalue weighted by Gasteiger charge is -2.38. The number of hydrogen-bond acceptors (Lipinski definition) is 10. The van der Waals surface area contributed by atoms with Crippen LogP contribution in [0.3, 0.4) is 0 Å². The van der Waals surface area contributed by atoms with Crippen molar-refractivity contribution in [2.75, 3.05) is 33.0 Å². The number of rotatable bonds is 21. The summed E-state index contributed by atoms with van der Waals surface area (Å²) in [5.74, 6) is -1.23. The molecule has 324 valence electrons. The Bertz CT molecular complexity index is 1720. The summed E-state index contributed by atoms with van der Waals surface area (Å²) in [6.07, 6.45) is 4.81. The molecule has 1 unspecified atom stereocenters. The summed E-state index contributed by atoms with van der Waals surface area (Å²) in [7, 11) is -2.28. The lowest BCUT2D eigenvalue weighted by atomic mass is 9.85. The second-order valence-corrected chi connectivity index (χ2v) is 23.9. The minimum absolute atomic E-state index is 0.0206. The van der Waals surface area contributed by atoms with Crippen molar-refractivity contribution in [1.82, 2.24) is 20.5 Å². The van der Waals surface area contributed by atoms with Gasteiger partial charge in [-0.2, -0.15) is 0 Å². The van der Waals surface area contributed by atoms with Crippen LogP contribution in [-0.4, -0.2) is 98.7 Å². The topological polar surface area (TPSA) is 145 Å². The summed E-state index contributed by atoms with van der Waals surface area (Å²) < 4.78 is 38.2. The van der Waals surface area contributed by atoms with Crippen molar-refractivity contribution in [3.63, 3.8) is 0 Å². The molecule has 0 spiro atoms. The Hall–Kier alpha value is -3.40. The summed E-state index contributed by atoms with van der Waals surface area (Å²) >= 11 is 1.55. The molecule has 1 aliphatic carbocycles. The predicted molar refractivity (Wildman–Crippen MR) is 227 cm³/mol. The number of amides is 3. The molecule has 3 amide bonds. The molecule has 3 atom stereocenters. The lowest BCUT2D eigenvalue weighted by molar-refractivity contribution is -0.148. The van der Waals surface area contributed by atoms with Crippen molar-refractivity contribution in [1.29, 1.82) is 0 Å². The maximum atomic E-state index is 14.8. The van der Waals surface area contributed by atoms with Crippen LogP contribution in [0.2, 0.25) is 18.1 Å². The third-order valence-electron chi connectivity index (χ3n) is 11.3. The first-order valence-corrected chi connectivity index (χ1v) is 24.6. The van der Waals surface area contributed by atoms with Crippen LogP contribution in [0.1, 0.15) is 111 Å². The molecule has 15 heteroatoms. The summed E-state index contributed by atoms with van der Waals surface area (Å²) in [5.41, 5.74) is 1.81. The highest BCUT2D eigenvalue weighted by atomic mass is 32.1. The van der Waals surface area contributed by atoms with Crippen molar-refractivity contribution < 1.29 is 42.2 Å². The normalized spacial score (nSPS) is 18.4. The SMILES string of the molecule is CCOC(=O)COCCCCCCCOc1cc(-c2scnc2C)ccc1CNC(=O)[C@@H]1CC(O[Si](C)(C)C(C)(C)C)CN1C(=O)[C@@H](NC(=O)C1(F)CC1)C(C)(C)C. The fourth-order valence-corrected chi connectivity index (χ4v) is 8.77. The Morgan fingerprint density at radius 2 is 1.71 bits per heavy atom. The van der Waals surface area contributed by atoms with Gasteiger partial charge in [0.2, 0.25) is 11.8 Å². The highest BCUT2D eigenvalue weighted by molar-refractivity contribution is 7.13. The zero-order valence-corrected chi connectivity index (χ0v) is 38.2. The molecule has 2 aliphatic rings. The number of benzene rings is 1. The zero-order valence-electron chi connectivity index (χ0n) is 36.4. The number of aromatic nitrogens is 1. The molecular weight excluding hydrogens is 780 g/mol. The average molecular weight is 847 g/mol. The molecule has 1 aliphatic heterocycles. The minimum atomic E-state index is -2.28. The van der Waals surface area contributed by atoms with E-state index >= 15 is 0 Å². The van der Waals surface area contributed by atoms with E-state index in [2.05, 4.69) is 49.5 Å². The fourth-order valence-electron chi connectivity index (χ4n) is 6.61. The third kappa shape index (κ3) is 13.0. The first-order chi connectivity index (χ1) is 27.2. The third-order valence-corrected chi connectivity index (χ3v) is 16.9. The van der Waals surface area contributed by atoms with E-state index in [0.29, 0.717) is 32.0 Å². The summed E-state index contributed by atoms with van der Waals surface area (Å²) in [4.78, 5) is 60.0. The highest BCUT2D eigenvalue weighted by Crippen LogP contribution is 2.41. The van der Waals surface area contributed by atoms with Gasteiger partial charge < -0.3 is 34.2 Å². The van der Waals surface area contributed by atoms with Gasteiger partial charge in [0, 0.05) is 31.7 Å². The van der Waals surface area contributed by atoms with Gasteiger partial charge in [0.1, 0.15) is 24.4 Å².